The highest BCUT2D eigenvalue weighted by atomic mass is 35.5. The molecule has 8 heteroatoms. The van der Waals surface area contributed by atoms with E-state index >= 15 is 0 Å². The fourth-order valence-electron chi connectivity index (χ4n) is 3.68. The van der Waals surface area contributed by atoms with Crippen LogP contribution >= 0.6 is 23.2 Å². The summed E-state index contributed by atoms with van der Waals surface area (Å²) in [4.78, 5) is 27.4. The number of aliphatic hydroxyl groups excluding tert-OH is 1. The van der Waals surface area contributed by atoms with Gasteiger partial charge in [-0.2, -0.15) is 0 Å². The van der Waals surface area contributed by atoms with E-state index < -0.39 is 29.3 Å². The molecule has 162 valence electrons. The van der Waals surface area contributed by atoms with Gasteiger partial charge >= 0.3 is 0 Å². The van der Waals surface area contributed by atoms with Crippen LogP contribution in [0.4, 0.5) is 10.1 Å². The molecule has 0 spiro atoms. The van der Waals surface area contributed by atoms with Crippen molar-refractivity contribution in [2.75, 3.05) is 12.0 Å². The van der Waals surface area contributed by atoms with Gasteiger partial charge in [0.2, 0.25) is 0 Å². The highest BCUT2D eigenvalue weighted by Gasteiger charge is 2.47. The van der Waals surface area contributed by atoms with Crippen LogP contribution in [0.5, 0.6) is 5.75 Å². The minimum Gasteiger partial charge on any atom is -0.507 e. The van der Waals surface area contributed by atoms with E-state index in [0.717, 1.165) is 0 Å². The molecule has 1 amide bonds. The summed E-state index contributed by atoms with van der Waals surface area (Å²) in [6.45, 7) is 0. The maximum Gasteiger partial charge on any atom is 0.300 e. The summed E-state index contributed by atoms with van der Waals surface area (Å²) in [5, 5.41) is 11.7. The molecule has 0 aromatic heterocycles. The lowest BCUT2D eigenvalue weighted by Crippen LogP contribution is -2.29. The number of hydrogen-bond acceptors (Lipinski definition) is 4. The molecule has 4 rings (SSSR count). The van der Waals surface area contributed by atoms with Gasteiger partial charge in [0.15, 0.2) is 0 Å². The van der Waals surface area contributed by atoms with Gasteiger partial charge < -0.3 is 9.84 Å². The van der Waals surface area contributed by atoms with E-state index in [1.807, 2.05) is 0 Å². The van der Waals surface area contributed by atoms with Crippen molar-refractivity contribution in [1.82, 2.24) is 0 Å². The Morgan fingerprint density at radius 1 is 1.00 bits per heavy atom. The van der Waals surface area contributed by atoms with Gasteiger partial charge in [-0.25, -0.2) is 4.39 Å². The first kappa shape index (κ1) is 21.9. The van der Waals surface area contributed by atoms with Gasteiger partial charge in [-0.05, 0) is 54.1 Å². The van der Waals surface area contributed by atoms with E-state index in [0.29, 0.717) is 16.3 Å². The minimum atomic E-state index is -1.03. The zero-order valence-corrected chi connectivity index (χ0v) is 18.2. The van der Waals surface area contributed by atoms with Crippen molar-refractivity contribution < 1.29 is 23.8 Å². The first-order valence-electron chi connectivity index (χ1n) is 9.48. The Morgan fingerprint density at radius 3 is 2.34 bits per heavy atom. The van der Waals surface area contributed by atoms with Crippen molar-refractivity contribution >= 4 is 46.3 Å². The van der Waals surface area contributed by atoms with Crippen molar-refractivity contribution in [2.45, 2.75) is 6.04 Å². The molecule has 0 radical (unpaired) electrons. The predicted octanol–water partition coefficient (Wildman–Crippen LogP) is 5.77. The van der Waals surface area contributed by atoms with E-state index in [1.165, 1.54) is 48.4 Å². The van der Waals surface area contributed by atoms with Crippen LogP contribution in [0, 0.1) is 5.82 Å². The summed E-state index contributed by atoms with van der Waals surface area (Å²) in [5.74, 6) is -2.34. The number of ether oxygens (including phenoxy) is 1. The van der Waals surface area contributed by atoms with Crippen molar-refractivity contribution in [3.63, 3.8) is 0 Å². The second kappa shape index (κ2) is 8.65. The van der Waals surface area contributed by atoms with Crippen molar-refractivity contribution in [3.8, 4) is 5.75 Å². The number of methoxy groups -OCH3 is 1. The Bertz CT molecular complexity index is 1260. The Kier molecular flexibility index (Phi) is 5.91. The van der Waals surface area contributed by atoms with Gasteiger partial charge in [0.25, 0.3) is 11.7 Å². The van der Waals surface area contributed by atoms with Crippen LogP contribution in [0.1, 0.15) is 17.2 Å². The van der Waals surface area contributed by atoms with Crippen LogP contribution in [-0.2, 0) is 9.59 Å². The lowest BCUT2D eigenvalue weighted by atomic mass is 9.95. The molecule has 0 bridgehead atoms. The number of nitrogens with zero attached hydrogens (tertiary/aromatic N) is 1. The monoisotopic (exact) mass is 471 g/mol. The first-order chi connectivity index (χ1) is 15.3. The maximum atomic E-state index is 13.5. The first-order valence-corrected chi connectivity index (χ1v) is 10.2. The standard InChI is InChI=1S/C24H16Cl2FNO4/c1-32-19-5-3-2-4-16(19)22(29)20-21(13-6-11-17(25)18(26)12-13)28(24(31)23(20)30)15-9-7-14(27)8-10-15/h2-12,21,29H,1H3/b22-20-. The van der Waals surface area contributed by atoms with Crippen LogP contribution in [0.3, 0.4) is 0 Å². The predicted molar refractivity (Wildman–Crippen MR) is 121 cm³/mol. The summed E-state index contributed by atoms with van der Waals surface area (Å²) in [5.41, 5.74) is 0.822. The number of amides is 1. The number of ketones is 1. The van der Waals surface area contributed by atoms with Gasteiger partial charge in [0, 0.05) is 5.69 Å². The van der Waals surface area contributed by atoms with Gasteiger partial charge in [-0.1, -0.05) is 41.4 Å². The quantitative estimate of drug-likeness (QED) is 0.298. The van der Waals surface area contributed by atoms with Crippen molar-refractivity contribution in [1.29, 1.82) is 0 Å². The molecule has 3 aromatic rings. The topological polar surface area (TPSA) is 66.8 Å². The maximum absolute atomic E-state index is 13.5. The molecule has 1 aliphatic rings. The molecule has 5 nitrogen and oxygen atoms in total. The molecule has 32 heavy (non-hydrogen) atoms. The van der Waals surface area contributed by atoms with Gasteiger partial charge in [-0.15, -0.1) is 0 Å². The van der Waals surface area contributed by atoms with E-state index in [2.05, 4.69) is 0 Å². The largest absolute Gasteiger partial charge is 0.507 e. The molecule has 1 heterocycles. The molecule has 0 aliphatic carbocycles. The zero-order chi connectivity index (χ0) is 23.0. The second-order valence-corrected chi connectivity index (χ2v) is 7.83. The van der Waals surface area contributed by atoms with Crippen LogP contribution < -0.4 is 9.64 Å². The Labute approximate surface area is 193 Å². The minimum absolute atomic E-state index is 0.151. The zero-order valence-electron chi connectivity index (χ0n) is 16.7. The molecule has 1 fully saturated rings. The normalized spacial score (nSPS) is 17.6. The number of anilines is 1. The third-order valence-electron chi connectivity index (χ3n) is 5.17. The summed E-state index contributed by atoms with van der Waals surface area (Å²) in [6.07, 6.45) is 0. The number of rotatable bonds is 4. The molecule has 1 saturated heterocycles. The Hall–Kier alpha value is -3.35. The van der Waals surface area contributed by atoms with E-state index in [4.69, 9.17) is 27.9 Å². The van der Waals surface area contributed by atoms with Gasteiger partial charge in [0.05, 0.1) is 34.3 Å². The number of halogens is 3. The molecule has 1 aliphatic heterocycles. The Morgan fingerprint density at radius 2 is 1.69 bits per heavy atom. The lowest BCUT2D eigenvalue weighted by Gasteiger charge is -2.25. The molecular weight excluding hydrogens is 456 g/mol. The third kappa shape index (κ3) is 3.72. The van der Waals surface area contributed by atoms with Crippen LogP contribution in [0.25, 0.3) is 5.76 Å². The van der Waals surface area contributed by atoms with Crippen LogP contribution in [0.15, 0.2) is 72.3 Å². The smallest absolute Gasteiger partial charge is 0.300 e. The Balaban J connectivity index is 1.99. The fourth-order valence-corrected chi connectivity index (χ4v) is 3.99. The highest BCUT2D eigenvalue weighted by Crippen LogP contribution is 2.44. The lowest BCUT2D eigenvalue weighted by molar-refractivity contribution is -0.132. The van der Waals surface area contributed by atoms with Crippen molar-refractivity contribution in [3.05, 3.63) is 99.3 Å². The summed E-state index contributed by atoms with van der Waals surface area (Å²) < 4.78 is 18.8. The van der Waals surface area contributed by atoms with Gasteiger partial charge in [0.1, 0.15) is 17.3 Å². The molecule has 1 N–H and O–H groups in total. The SMILES string of the molecule is COc1ccccc1/C(O)=C1/C(=O)C(=O)N(c2ccc(F)cc2)C1c1ccc(Cl)c(Cl)c1. The van der Waals surface area contributed by atoms with E-state index in [-0.39, 0.29) is 21.8 Å². The van der Waals surface area contributed by atoms with E-state index in [1.54, 1.807) is 30.3 Å². The average Bonchev–Trinajstić information content (AvgIpc) is 3.06. The number of carbonyl (C=O) groups excluding carboxylic acids is 2. The summed E-state index contributed by atoms with van der Waals surface area (Å²) >= 11 is 12.3. The number of aliphatic hydroxyl groups is 1. The summed E-state index contributed by atoms with van der Waals surface area (Å²) in [7, 11) is 1.43. The van der Waals surface area contributed by atoms with Crippen molar-refractivity contribution in [2.24, 2.45) is 0 Å². The number of benzene rings is 3. The second-order valence-electron chi connectivity index (χ2n) is 7.02. The van der Waals surface area contributed by atoms with E-state index in [9.17, 15) is 19.1 Å². The molecular formula is C24H16Cl2FNO4. The molecule has 1 unspecified atom stereocenters. The summed E-state index contributed by atoms with van der Waals surface area (Å²) in [6, 6.07) is 15.3. The number of carbonyl (C=O) groups is 2. The highest BCUT2D eigenvalue weighted by molar-refractivity contribution is 6.52. The average molecular weight is 472 g/mol. The number of Topliss-reactive ketones (excluding diaryl/α,β-unsaturated/α-hetero) is 1. The van der Waals surface area contributed by atoms with Gasteiger partial charge in [-0.3, -0.25) is 14.5 Å². The van der Waals surface area contributed by atoms with Crippen LogP contribution in [0.2, 0.25) is 10.0 Å². The fraction of sp³-hybridized carbons (Fsp3) is 0.0833. The molecule has 1 atom stereocenters. The number of para-hydroxylation sites is 1. The number of hydrogen-bond donors (Lipinski definition) is 1. The van der Waals surface area contributed by atoms with Crippen LogP contribution in [-0.4, -0.2) is 23.9 Å². The molecule has 0 saturated carbocycles. The third-order valence-corrected chi connectivity index (χ3v) is 5.91. The molecule has 3 aromatic carbocycles.